The molecule has 2 unspecified atom stereocenters. The maximum atomic E-state index is 12.0. The molecule has 3 rings (SSSR count). The number of hydrogen-bond donors (Lipinski definition) is 1. The molecule has 1 amide bonds. The third kappa shape index (κ3) is 3.47. The van der Waals surface area contributed by atoms with Gasteiger partial charge in [-0.3, -0.25) is 10.1 Å². The first kappa shape index (κ1) is 15.8. The van der Waals surface area contributed by atoms with Crippen molar-refractivity contribution in [2.24, 2.45) is 11.8 Å². The lowest BCUT2D eigenvalue weighted by atomic mass is 10.2. The summed E-state index contributed by atoms with van der Waals surface area (Å²) in [5.74, 6) is 1.15. The summed E-state index contributed by atoms with van der Waals surface area (Å²) in [5.41, 5.74) is -0.477. The Morgan fingerprint density at radius 1 is 1.43 bits per heavy atom. The molecular formula is C15H21N3O5. The van der Waals surface area contributed by atoms with Crippen LogP contribution in [-0.4, -0.2) is 40.6 Å². The predicted molar refractivity (Wildman–Crippen MR) is 80.8 cm³/mol. The molecule has 1 N–H and O–H groups in total. The SMILES string of the molecule is CC(C)(C)OC(=O)N1CC2C(C1)C2NCc1ccc([N+](=O)[O-])o1. The van der Waals surface area contributed by atoms with Gasteiger partial charge in [0.1, 0.15) is 16.3 Å². The Morgan fingerprint density at radius 3 is 2.61 bits per heavy atom. The zero-order valence-electron chi connectivity index (χ0n) is 13.4. The lowest BCUT2D eigenvalue weighted by Crippen LogP contribution is -2.39. The topological polar surface area (TPSA) is 97.8 Å². The van der Waals surface area contributed by atoms with Gasteiger partial charge in [0.2, 0.25) is 0 Å². The standard InChI is InChI=1S/C15H21N3O5/c1-15(2,3)23-14(19)17-7-10-11(8-17)13(10)16-6-9-4-5-12(22-9)18(20)21/h4-5,10-11,13,16H,6-8H2,1-3H3. The first-order valence-electron chi connectivity index (χ1n) is 7.69. The number of rotatable bonds is 4. The van der Waals surface area contributed by atoms with Crippen molar-refractivity contribution in [2.75, 3.05) is 13.1 Å². The minimum absolute atomic E-state index is 0.242. The van der Waals surface area contributed by atoms with E-state index in [-0.39, 0.29) is 12.0 Å². The van der Waals surface area contributed by atoms with E-state index in [2.05, 4.69) is 5.32 Å². The quantitative estimate of drug-likeness (QED) is 0.673. The van der Waals surface area contributed by atoms with Crippen LogP contribution in [0.2, 0.25) is 0 Å². The van der Waals surface area contributed by atoms with Crippen LogP contribution in [0.4, 0.5) is 10.7 Å². The van der Waals surface area contributed by atoms with Crippen LogP contribution >= 0.6 is 0 Å². The number of fused-ring (bicyclic) bond motifs is 1. The Hall–Kier alpha value is -2.09. The number of amides is 1. The molecule has 0 aromatic carbocycles. The molecule has 1 aromatic heterocycles. The second-order valence-corrected chi connectivity index (χ2v) is 7.12. The highest BCUT2D eigenvalue weighted by Gasteiger charge is 2.57. The maximum absolute atomic E-state index is 12.0. The van der Waals surface area contributed by atoms with Crippen LogP contribution in [0, 0.1) is 22.0 Å². The molecule has 8 heteroatoms. The van der Waals surface area contributed by atoms with Gasteiger partial charge in [0.15, 0.2) is 0 Å². The maximum Gasteiger partial charge on any atom is 0.433 e. The first-order chi connectivity index (χ1) is 10.7. The number of likely N-dealkylation sites (tertiary alicyclic amines) is 1. The minimum atomic E-state index is -0.548. The fourth-order valence-electron chi connectivity index (χ4n) is 3.08. The molecule has 8 nitrogen and oxygen atoms in total. The highest BCUT2D eigenvalue weighted by molar-refractivity contribution is 5.69. The van der Waals surface area contributed by atoms with Crippen molar-refractivity contribution >= 4 is 12.0 Å². The van der Waals surface area contributed by atoms with E-state index in [4.69, 9.17) is 9.15 Å². The summed E-state index contributed by atoms with van der Waals surface area (Å²) < 4.78 is 10.5. The molecule has 1 saturated carbocycles. The molecule has 1 saturated heterocycles. The average Bonchev–Trinajstić information content (AvgIpc) is 2.86. The summed E-state index contributed by atoms with van der Waals surface area (Å²) in [4.78, 5) is 23.7. The molecule has 1 aliphatic heterocycles. The van der Waals surface area contributed by atoms with E-state index in [9.17, 15) is 14.9 Å². The highest BCUT2D eigenvalue weighted by Crippen LogP contribution is 2.45. The second-order valence-electron chi connectivity index (χ2n) is 7.12. The van der Waals surface area contributed by atoms with Gasteiger partial charge in [-0.15, -0.1) is 0 Å². The Balaban J connectivity index is 1.43. The average molecular weight is 323 g/mol. The van der Waals surface area contributed by atoms with Gasteiger partial charge in [-0.2, -0.15) is 0 Å². The fraction of sp³-hybridized carbons (Fsp3) is 0.667. The van der Waals surface area contributed by atoms with Crippen LogP contribution in [-0.2, 0) is 11.3 Å². The van der Waals surface area contributed by atoms with Crippen molar-refractivity contribution in [3.05, 3.63) is 28.0 Å². The first-order valence-corrected chi connectivity index (χ1v) is 7.69. The van der Waals surface area contributed by atoms with Gasteiger partial charge in [0, 0.05) is 19.1 Å². The number of nitrogens with one attached hydrogen (secondary N) is 1. The Labute approximate surface area is 133 Å². The molecule has 2 fully saturated rings. The van der Waals surface area contributed by atoms with E-state index in [1.807, 2.05) is 20.8 Å². The van der Waals surface area contributed by atoms with Crippen LogP contribution in [0.3, 0.4) is 0 Å². The van der Waals surface area contributed by atoms with E-state index >= 15 is 0 Å². The Morgan fingerprint density at radius 2 is 2.09 bits per heavy atom. The van der Waals surface area contributed by atoms with E-state index in [1.54, 1.807) is 11.0 Å². The van der Waals surface area contributed by atoms with E-state index in [1.165, 1.54) is 6.07 Å². The molecule has 126 valence electrons. The minimum Gasteiger partial charge on any atom is -0.444 e. The molecule has 1 aromatic rings. The molecular weight excluding hydrogens is 302 g/mol. The van der Waals surface area contributed by atoms with Crippen molar-refractivity contribution in [1.29, 1.82) is 0 Å². The second kappa shape index (κ2) is 5.52. The van der Waals surface area contributed by atoms with Crippen molar-refractivity contribution in [2.45, 2.75) is 39.0 Å². The normalized spacial score (nSPS) is 26.0. The lowest BCUT2D eigenvalue weighted by molar-refractivity contribution is -0.402. The van der Waals surface area contributed by atoms with Gasteiger partial charge in [0.05, 0.1) is 12.6 Å². The van der Waals surface area contributed by atoms with Gasteiger partial charge in [0.25, 0.3) is 0 Å². The van der Waals surface area contributed by atoms with E-state index in [0.29, 0.717) is 43.3 Å². The zero-order valence-corrected chi connectivity index (χ0v) is 13.4. The van der Waals surface area contributed by atoms with Gasteiger partial charge in [-0.1, -0.05) is 0 Å². The molecule has 23 heavy (non-hydrogen) atoms. The number of carbonyl (C=O) groups excluding carboxylic acids is 1. The van der Waals surface area contributed by atoms with Gasteiger partial charge in [-0.05, 0) is 38.7 Å². The van der Waals surface area contributed by atoms with Crippen LogP contribution in [0.5, 0.6) is 0 Å². The summed E-state index contributed by atoms with van der Waals surface area (Å²) >= 11 is 0. The van der Waals surface area contributed by atoms with Crippen molar-refractivity contribution < 1.29 is 18.9 Å². The summed E-state index contributed by atoms with van der Waals surface area (Å²) in [6, 6.07) is 3.29. The fourth-order valence-corrected chi connectivity index (χ4v) is 3.08. The van der Waals surface area contributed by atoms with Crippen molar-refractivity contribution in [3.8, 4) is 0 Å². The molecule has 0 bridgehead atoms. The van der Waals surface area contributed by atoms with Crippen LogP contribution in [0.15, 0.2) is 16.5 Å². The highest BCUT2D eigenvalue weighted by atomic mass is 16.6. The van der Waals surface area contributed by atoms with Crippen molar-refractivity contribution in [1.82, 2.24) is 10.2 Å². The molecule has 0 radical (unpaired) electrons. The van der Waals surface area contributed by atoms with Gasteiger partial charge < -0.3 is 19.4 Å². The number of furan rings is 1. The van der Waals surface area contributed by atoms with Crippen LogP contribution < -0.4 is 5.32 Å². The Bertz CT molecular complexity index is 609. The number of hydrogen-bond acceptors (Lipinski definition) is 6. The van der Waals surface area contributed by atoms with Crippen LogP contribution in [0.1, 0.15) is 26.5 Å². The predicted octanol–water partition coefficient (Wildman–Crippen LogP) is 2.14. The molecule has 2 aliphatic rings. The summed E-state index contributed by atoms with van der Waals surface area (Å²) in [7, 11) is 0. The largest absolute Gasteiger partial charge is 0.444 e. The summed E-state index contributed by atoms with van der Waals surface area (Å²) in [5, 5.41) is 13.9. The lowest BCUT2D eigenvalue weighted by Gasteiger charge is -2.26. The third-order valence-electron chi connectivity index (χ3n) is 4.19. The molecule has 1 aliphatic carbocycles. The Kier molecular flexibility index (Phi) is 3.79. The third-order valence-corrected chi connectivity index (χ3v) is 4.19. The zero-order chi connectivity index (χ0) is 16.8. The number of carbonyl (C=O) groups is 1. The molecule has 2 heterocycles. The molecule has 0 spiro atoms. The van der Waals surface area contributed by atoms with Gasteiger partial charge >= 0.3 is 12.0 Å². The van der Waals surface area contributed by atoms with Crippen LogP contribution in [0.25, 0.3) is 0 Å². The van der Waals surface area contributed by atoms with E-state index < -0.39 is 10.5 Å². The number of ether oxygens (including phenoxy) is 1. The smallest absolute Gasteiger partial charge is 0.433 e. The van der Waals surface area contributed by atoms with E-state index in [0.717, 1.165) is 0 Å². The molecule has 2 atom stereocenters. The summed E-state index contributed by atoms with van der Waals surface area (Å²) in [6.45, 7) is 7.40. The number of nitro groups is 1. The number of nitrogens with zero attached hydrogens (tertiary/aromatic N) is 2. The van der Waals surface area contributed by atoms with Gasteiger partial charge in [-0.25, -0.2) is 4.79 Å². The monoisotopic (exact) mass is 323 g/mol. The van der Waals surface area contributed by atoms with Crippen molar-refractivity contribution in [3.63, 3.8) is 0 Å². The number of piperidine rings is 1. The summed E-state index contributed by atoms with van der Waals surface area (Å²) in [6.07, 6.45) is -0.259.